The van der Waals surface area contributed by atoms with Gasteiger partial charge in [-0.1, -0.05) is 71.4 Å². The lowest BCUT2D eigenvalue weighted by Crippen LogP contribution is -2.21. The number of hydrogen-bond donors (Lipinski definition) is 1. The summed E-state index contributed by atoms with van der Waals surface area (Å²) in [6, 6.07) is 17.8. The van der Waals surface area contributed by atoms with E-state index < -0.39 is 0 Å². The summed E-state index contributed by atoms with van der Waals surface area (Å²) in [5, 5.41) is 3.07. The maximum atomic E-state index is 12.6. The van der Waals surface area contributed by atoms with Crippen LogP contribution in [0.1, 0.15) is 42.1 Å². The van der Waals surface area contributed by atoms with Crippen molar-refractivity contribution in [2.75, 3.05) is 5.32 Å². The highest BCUT2D eigenvalue weighted by Gasteiger charge is 2.19. The number of para-hydroxylation sites is 1. The monoisotopic (exact) mass is 345 g/mol. The zero-order chi connectivity index (χ0) is 15.2. The molecular formula is C18H20BrNO. The van der Waals surface area contributed by atoms with Crippen molar-refractivity contribution in [2.45, 2.75) is 31.0 Å². The molecule has 2 nitrogen and oxygen atoms in total. The van der Waals surface area contributed by atoms with Gasteiger partial charge in [0.2, 0.25) is 5.91 Å². The summed E-state index contributed by atoms with van der Waals surface area (Å²) in [6.07, 6.45) is 0.780. The molecule has 0 bridgehead atoms. The van der Waals surface area contributed by atoms with E-state index in [1.165, 1.54) is 0 Å². The summed E-state index contributed by atoms with van der Waals surface area (Å²) in [6.45, 7) is 4.09. The Labute approximate surface area is 134 Å². The van der Waals surface area contributed by atoms with Gasteiger partial charge in [0.25, 0.3) is 0 Å². The van der Waals surface area contributed by atoms with E-state index in [4.69, 9.17) is 0 Å². The van der Waals surface area contributed by atoms with Crippen LogP contribution in [0.4, 0.5) is 5.69 Å². The van der Waals surface area contributed by atoms with E-state index in [2.05, 4.69) is 28.2 Å². The van der Waals surface area contributed by atoms with Crippen LogP contribution in [0.5, 0.6) is 0 Å². The topological polar surface area (TPSA) is 29.1 Å². The number of anilines is 1. The summed E-state index contributed by atoms with van der Waals surface area (Å²) in [4.78, 5) is 12.8. The summed E-state index contributed by atoms with van der Waals surface area (Å²) >= 11 is 3.57. The molecule has 0 aliphatic carbocycles. The first kappa shape index (κ1) is 15.8. The lowest BCUT2D eigenvalue weighted by atomic mass is 9.95. The third-order valence-electron chi connectivity index (χ3n) is 3.57. The number of benzene rings is 2. The van der Waals surface area contributed by atoms with Crippen LogP contribution in [0.3, 0.4) is 0 Å². The number of alkyl halides is 1. The molecule has 1 amide bonds. The molecule has 1 N–H and O–H groups in total. The fourth-order valence-corrected chi connectivity index (χ4v) is 2.83. The summed E-state index contributed by atoms with van der Waals surface area (Å²) in [5.74, 6) is -0.0748. The second-order valence-corrected chi connectivity index (χ2v) is 6.44. The van der Waals surface area contributed by atoms with E-state index in [1.807, 2.05) is 61.5 Å². The summed E-state index contributed by atoms with van der Waals surface area (Å²) in [5.41, 5.74) is 3.02. The number of rotatable bonds is 5. The molecule has 0 fully saturated rings. The van der Waals surface area contributed by atoms with Crippen molar-refractivity contribution in [3.05, 3.63) is 65.7 Å². The number of nitrogens with one attached hydrogen (secondary N) is 1. The highest BCUT2D eigenvalue weighted by atomic mass is 79.9. The van der Waals surface area contributed by atoms with Crippen LogP contribution in [-0.2, 0) is 4.79 Å². The smallest absolute Gasteiger partial charge is 0.231 e. The van der Waals surface area contributed by atoms with Gasteiger partial charge in [0, 0.05) is 10.5 Å². The molecule has 0 saturated heterocycles. The van der Waals surface area contributed by atoms with Crippen molar-refractivity contribution in [2.24, 2.45) is 0 Å². The maximum Gasteiger partial charge on any atom is 0.231 e. The maximum absolute atomic E-state index is 12.6. The van der Waals surface area contributed by atoms with E-state index in [-0.39, 0.29) is 16.7 Å². The molecule has 3 heteroatoms. The largest absolute Gasteiger partial charge is 0.325 e. The number of halogens is 1. The van der Waals surface area contributed by atoms with Gasteiger partial charge in [0.1, 0.15) is 0 Å². The van der Waals surface area contributed by atoms with Crippen LogP contribution in [0.2, 0.25) is 0 Å². The predicted octanol–water partition coefficient (Wildman–Crippen LogP) is 5.27. The zero-order valence-corrected chi connectivity index (χ0v) is 13.9. The SMILES string of the molecule is CCC(C(=O)Nc1ccccc1C(C)Br)c1ccccc1. The average Bonchev–Trinajstić information content (AvgIpc) is 2.49. The average molecular weight is 346 g/mol. The van der Waals surface area contributed by atoms with Gasteiger partial charge < -0.3 is 5.32 Å². The van der Waals surface area contributed by atoms with Crippen molar-refractivity contribution >= 4 is 27.5 Å². The molecule has 0 aliphatic rings. The molecule has 110 valence electrons. The standard InChI is InChI=1S/C18H20BrNO/c1-3-15(14-9-5-4-6-10-14)18(21)20-17-12-8-7-11-16(17)13(2)19/h4-13,15H,3H2,1-2H3,(H,20,21). The fourth-order valence-electron chi connectivity index (χ4n) is 2.44. The third-order valence-corrected chi connectivity index (χ3v) is 4.07. The lowest BCUT2D eigenvalue weighted by molar-refractivity contribution is -0.117. The first-order valence-electron chi connectivity index (χ1n) is 7.22. The van der Waals surface area contributed by atoms with Crippen LogP contribution in [-0.4, -0.2) is 5.91 Å². The predicted molar refractivity (Wildman–Crippen MR) is 91.9 cm³/mol. The van der Waals surface area contributed by atoms with E-state index in [9.17, 15) is 4.79 Å². The second kappa shape index (κ2) is 7.41. The summed E-state index contributed by atoms with van der Waals surface area (Å²) in [7, 11) is 0. The number of hydrogen-bond acceptors (Lipinski definition) is 1. The third kappa shape index (κ3) is 3.94. The Bertz CT molecular complexity index is 595. The molecule has 0 spiro atoms. The Morgan fingerprint density at radius 1 is 1.10 bits per heavy atom. The minimum absolute atomic E-state index is 0.0456. The van der Waals surface area contributed by atoms with Crippen molar-refractivity contribution < 1.29 is 4.79 Å². The van der Waals surface area contributed by atoms with Gasteiger partial charge in [-0.3, -0.25) is 4.79 Å². The molecule has 2 unspecified atom stereocenters. The molecule has 0 heterocycles. The molecule has 0 aromatic heterocycles. The van der Waals surface area contributed by atoms with Crippen molar-refractivity contribution in [3.63, 3.8) is 0 Å². The minimum atomic E-state index is -0.120. The normalized spacial score (nSPS) is 13.5. The highest BCUT2D eigenvalue weighted by molar-refractivity contribution is 9.09. The Morgan fingerprint density at radius 3 is 2.33 bits per heavy atom. The first-order valence-corrected chi connectivity index (χ1v) is 8.13. The Morgan fingerprint density at radius 2 is 1.71 bits per heavy atom. The molecule has 0 aliphatic heterocycles. The zero-order valence-electron chi connectivity index (χ0n) is 12.3. The lowest BCUT2D eigenvalue weighted by Gasteiger charge is -2.18. The molecule has 2 aromatic carbocycles. The number of carbonyl (C=O) groups is 1. The van der Waals surface area contributed by atoms with Gasteiger partial charge in [-0.2, -0.15) is 0 Å². The van der Waals surface area contributed by atoms with Gasteiger partial charge in [0.05, 0.1) is 5.92 Å². The molecule has 0 radical (unpaired) electrons. The number of amides is 1. The second-order valence-electron chi connectivity index (χ2n) is 5.06. The molecule has 2 atom stereocenters. The minimum Gasteiger partial charge on any atom is -0.325 e. The molecule has 0 saturated carbocycles. The first-order chi connectivity index (χ1) is 10.1. The van der Waals surface area contributed by atoms with Crippen LogP contribution in [0, 0.1) is 0 Å². The fraction of sp³-hybridized carbons (Fsp3) is 0.278. The van der Waals surface area contributed by atoms with Crippen LogP contribution >= 0.6 is 15.9 Å². The van der Waals surface area contributed by atoms with Gasteiger partial charge in [-0.15, -0.1) is 0 Å². The van der Waals surface area contributed by atoms with E-state index >= 15 is 0 Å². The molecule has 2 aromatic rings. The van der Waals surface area contributed by atoms with Crippen molar-refractivity contribution in [1.82, 2.24) is 0 Å². The Balaban J connectivity index is 2.21. The van der Waals surface area contributed by atoms with Gasteiger partial charge in [-0.05, 0) is 30.5 Å². The molecular weight excluding hydrogens is 326 g/mol. The van der Waals surface area contributed by atoms with Gasteiger partial charge in [0.15, 0.2) is 0 Å². The van der Waals surface area contributed by atoms with Gasteiger partial charge >= 0.3 is 0 Å². The Hall–Kier alpha value is -1.61. The highest BCUT2D eigenvalue weighted by Crippen LogP contribution is 2.30. The summed E-state index contributed by atoms with van der Waals surface area (Å²) < 4.78 is 0. The van der Waals surface area contributed by atoms with Crippen LogP contribution < -0.4 is 5.32 Å². The van der Waals surface area contributed by atoms with E-state index in [0.717, 1.165) is 23.2 Å². The van der Waals surface area contributed by atoms with E-state index in [1.54, 1.807) is 0 Å². The Kier molecular flexibility index (Phi) is 5.57. The van der Waals surface area contributed by atoms with Crippen LogP contribution in [0.25, 0.3) is 0 Å². The van der Waals surface area contributed by atoms with E-state index in [0.29, 0.717) is 0 Å². The molecule has 2 rings (SSSR count). The quantitative estimate of drug-likeness (QED) is 0.734. The number of carbonyl (C=O) groups excluding carboxylic acids is 1. The van der Waals surface area contributed by atoms with Gasteiger partial charge in [-0.25, -0.2) is 0 Å². The van der Waals surface area contributed by atoms with Crippen molar-refractivity contribution in [3.8, 4) is 0 Å². The molecule has 21 heavy (non-hydrogen) atoms. The van der Waals surface area contributed by atoms with Crippen LogP contribution in [0.15, 0.2) is 54.6 Å². The van der Waals surface area contributed by atoms with Crippen molar-refractivity contribution in [1.29, 1.82) is 0 Å².